The molecule has 0 radical (unpaired) electrons. The quantitative estimate of drug-likeness (QED) is 0.557. The Morgan fingerprint density at radius 1 is 1.00 bits per heavy atom. The van der Waals surface area contributed by atoms with Crippen LogP contribution in [0.3, 0.4) is 0 Å². The summed E-state index contributed by atoms with van der Waals surface area (Å²) in [5, 5.41) is 6.54. The summed E-state index contributed by atoms with van der Waals surface area (Å²) in [6, 6.07) is 20.0. The van der Waals surface area contributed by atoms with Gasteiger partial charge in [0.05, 0.1) is 23.6 Å². The zero-order valence-corrected chi connectivity index (χ0v) is 14.6. The van der Waals surface area contributed by atoms with Crippen molar-refractivity contribution in [1.29, 1.82) is 0 Å². The van der Waals surface area contributed by atoms with Crippen molar-refractivity contribution in [3.05, 3.63) is 93.2 Å². The lowest BCUT2D eigenvalue weighted by molar-refractivity contribution is 0.741. The van der Waals surface area contributed by atoms with Gasteiger partial charge in [-0.25, -0.2) is 4.68 Å². The van der Waals surface area contributed by atoms with Crippen molar-refractivity contribution in [2.75, 3.05) is 0 Å². The summed E-state index contributed by atoms with van der Waals surface area (Å²) in [5.74, 6) is 0. The molecular formula is C20H17N3OS. The highest BCUT2D eigenvalue weighted by atomic mass is 32.1. The first kappa shape index (κ1) is 15.6. The Labute approximate surface area is 149 Å². The molecule has 0 atom stereocenters. The summed E-state index contributed by atoms with van der Waals surface area (Å²) in [6.45, 7) is 2.53. The second kappa shape index (κ2) is 6.53. The molecule has 2 aromatic carbocycles. The molecule has 0 unspecified atom stereocenters. The van der Waals surface area contributed by atoms with E-state index in [-0.39, 0.29) is 4.87 Å². The van der Waals surface area contributed by atoms with Gasteiger partial charge in [-0.3, -0.25) is 9.36 Å². The van der Waals surface area contributed by atoms with E-state index in [1.165, 1.54) is 11.3 Å². The van der Waals surface area contributed by atoms with Gasteiger partial charge >= 0.3 is 4.87 Å². The van der Waals surface area contributed by atoms with Crippen LogP contribution < -0.4 is 4.87 Å². The van der Waals surface area contributed by atoms with Gasteiger partial charge in [-0.2, -0.15) is 5.10 Å². The summed E-state index contributed by atoms with van der Waals surface area (Å²) in [4.78, 5) is 12.4. The zero-order valence-electron chi connectivity index (χ0n) is 13.8. The summed E-state index contributed by atoms with van der Waals surface area (Å²) < 4.78 is 3.63. The highest BCUT2D eigenvalue weighted by molar-refractivity contribution is 7.07. The van der Waals surface area contributed by atoms with E-state index in [1.54, 1.807) is 4.57 Å². The smallest absolute Gasteiger partial charge is 0.293 e. The molecule has 0 saturated carbocycles. The summed E-state index contributed by atoms with van der Waals surface area (Å²) >= 11 is 1.23. The molecule has 2 heterocycles. The molecule has 5 heteroatoms. The SMILES string of the molecule is Cc1ccccc1-c1csc(=O)n1Cc1ccn(-c2ccccc2)n1. The molecule has 0 spiro atoms. The first-order valence-electron chi connectivity index (χ1n) is 8.07. The molecule has 4 aromatic rings. The molecule has 4 rings (SSSR count). The zero-order chi connectivity index (χ0) is 17.2. The fourth-order valence-corrected chi connectivity index (χ4v) is 3.64. The molecular weight excluding hydrogens is 330 g/mol. The van der Waals surface area contributed by atoms with Crippen molar-refractivity contribution in [3.63, 3.8) is 0 Å². The van der Waals surface area contributed by atoms with E-state index in [9.17, 15) is 4.79 Å². The molecule has 0 aliphatic carbocycles. The molecule has 0 saturated heterocycles. The summed E-state index contributed by atoms with van der Waals surface area (Å²) in [7, 11) is 0. The Morgan fingerprint density at radius 3 is 2.56 bits per heavy atom. The Hall–Kier alpha value is -2.92. The molecule has 0 aliphatic rings. The number of hydrogen-bond donors (Lipinski definition) is 0. The van der Waals surface area contributed by atoms with Crippen LogP contribution in [0.15, 0.2) is 77.0 Å². The van der Waals surface area contributed by atoms with Crippen molar-refractivity contribution >= 4 is 11.3 Å². The van der Waals surface area contributed by atoms with Gasteiger partial charge in [0.1, 0.15) is 0 Å². The number of para-hydroxylation sites is 1. The number of aromatic nitrogens is 3. The predicted octanol–water partition coefficient (Wildman–Crippen LogP) is 4.12. The van der Waals surface area contributed by atoms with Gasteiger partial charge in [-0.05, 0) is 30.7 Å². The maximum absolute atomic E-state index is 12.4. The monoisotopic (exact) mass is 347 g/mol. The van der Waals surface area contributed by atoms with Crippen LogP contribution in [0.1, 0.15) is 11.3 Å². The molecule has 25 heavy (non-hydrogen) atoms. The number of benzene rings is 2. The third-order valence-corrected chi connectivity index (χ3v) is 4.95. The minimum absolute atomic E-state index is 0.0347. The molecule has 0 N–H and O–H groups in total. The van der Waals surface area contributed by atoms with Crippen LogP contribution in [0, 0.1) is 6.92 Å². The van der Waals surface area contributed by atoms with Gasteiger partial charge in [0, 0.05) is 17.1 Å². The lowest BCUT2D eigenvalue weighted by Crippen LogP contribution is -2.16. The first-order chi connectivity index (χ1) is 12.2. The number of aryl methyl sites for hydroxylation is 1. The van der Waals surface area contributed by atoms with E-state index < -0.39 is 0 Å². The fourth-order valence-electron chi connectivity index (χ4n) is 2.88. The van der Waals surface area contributed by atoms with Gasteiger partial charge in [0.25, 0.3) is 0 Å². The Kier molecular flexibility index (Phi) is 4.07. The lowest BCUT2D eigenvalue weighted by Gasteiger charge is -2.09. The standard InChI is InChI=1S/C20H17N3OS/c1-15-7-5-6-10-18(15)19-14-25-20(24)22(19)13-16-11-12-23(21-16)17-8-3-2-4-9-17/h2-12,14H,13H2,1H3. The highest BCUT2D eigenvalue weighted by Gasteiger charge is 2.12. The molecule has 2 aromatic heterocycles. The highest BCUT2D eigenvalue weighted by Crippen LogP contribution is 2.24. The lowest BCUT2D eigenvalue weighted by atomic mass is 10.1. The number of rotatable bonds is 4. The molecule has 0 bridgehead atoms. The van der Waals surface area contributed by atoms with Crippen molar-refractivity contribution in [2.24, 2.45) is 0 Å². The van der Waals surface area contributed by atoms with E-state index in [0.717, 1.165) is 28.2 Å². The summed E-state index contributed by atoms with van der Waals surface area (Å²) in [6.07, 6.45) is 1.93. The molecule has 124 valence electrons. The Morgan fingerprint density at radius 2 is 1.76 bits per heavy atom. The number of thiazole rings is 1. The third kappa shape index (κ3) is 3.06. The van der Waals surface area contributed by atoms with Crippen LogP contribution in [0.2, 0.25) is 0 Å². The second-order valence-corrected chi connectivity index (χ2v) is 6.70. The fraction of sp³-hybridized carbons (Fsp3) is 0.100. The van der Waals surface area contributed by atoms with Crippen LogP contribution in [0.4, 0.5) is 0 Å². The molecule has 0 aliphatic heterocycles. The average Bonchev–Trinajstić information content (AvgIpc) is 3.25. The minimum atomic E-state index is 0.0347. The maximum Gasteiger partial charge on any atom is 0.307 e. The number of nitrogens with zero attached hydrogens (tertiary/aromatic N) is 3. The van der Waals surface area contributed by atoms with Crippen molar-refractivity contribution < 1.29 is 0 Å². The average molecular weight is 347 g/mol. The molecule has 0 fully saturated rings. The largest absolute Gasteiger partial charge is 0.307 e. The second-order valence-electron chi connectivity index (χ2n) is 5.88. The minimum Gasteiger partial charge on any atom is -0.293 e. The van der Waals surface area contributed by atoms with Gasteiger partial charge in [0.2, 0.25) is 0 Å². The van der Waals surface area contributed by atoms with E-state index in [1.807, 2.05) is 64.8 Å². The van der Waals surface area contributed by atoms with Gasteiger partial charge in [0.15, 0.2) is 0 Å². The van der Waals surface area contributed by atoms with Gasteiger partial charge in [-0.1, -0.05) is 53.8 Å². The van der Waals surface area contributed by atoms with Crippen LogP contribution in [-0.2, 0) is 6.54 Å². The van der Waals surface area contributed by atoms with E-state index in [0.29, 0.717) is 6.54 Å². The van der Waals surface area contributed by atoms with Crippen LogP contribution in [0.25, 0.3) is 16.9 Å². The maximum atomic E-state index is 12.4. The molecule has 4 nitrogen and oxygen atoms in total. The van der Waals surface area contributed by atoms with Crippen LogP contribution in [0.5, 0.6) is 0 Å². The molecule has 0 amide bonds. The van der Waals surface area contributed by atoms with Crippen molar-refractivity contribution in [3.8, 4) is 16.9 Å². The van der Waals surface area contributed by atoms with Gasteiger partial charge < -0.3 is 0 Å². The first-order valence-corrected chi connectivity index (χ1v) is 8.94. The Balaban J connectivity index is 1.69. The van der Waals surface area contributed by atoms with Crippen LogP contribution >= 0.6 is 11.3 Å². The predicted molar refractivity (Wildman–Crippen MR) is 101 cm³/mol. The van der Waals surface area contributed by atoms with Gasteiger partial charge in [-0.15, -0.1) is 0 Å². The van der Waals surface area contributed by atoms with Crippen molar-refractivity contribution in [2.45, 2.75) is 13.5 Å². The number of hydrogen-bond acceptors (Lipinski definition) is 3. The summed E-state index contributed by atoms with van der Waals surface area (Å²) in [5.41, 5.74) is 5.05. The normalized spacial score (nSPS) is 10.9. The topological polar surface area (TPSA) is 39.8 Å². The van der Waals surface area contributed by atoms with Crippen LogP contribution in [-0.4, -0.2) is 14.3 Å². The van der Waals surface area contributed by atoms with E-state index in [2.05, 4.69) is 24.2 Å². The van der Waals surface area contributed by atoms with E-state index >= 15 is 0 Å². The third-order valence-electron chi connectivity index (χ3n) is 4.19. The van der Waals surface area contributed by atoms with Crippen molar-refractivity contribution in [1.82, 2.24) is 14.3 Å². The van der Waals surface area contributed by atoms with E-state index in [4.69, 9.17) is 0 Å². The Bertz CT molecular complexity index is 1060.